The zero-order valence-electron chi connectivity index (χ0n) is 13.6. The van der Waals surface area contributed by atoms with Gasteiger partial charge in [-0.2, -0.15) is 0 Å². The minimum Gasteiger partial charge on any atom is -0.316 e. The predicted molar refractivity (Wildman–Crippen MR) is 99.5 cm³/mol. The van der Waals surface area contributed by atoms with Gasteiger partial charge in [0.05, 0.1) is 11.5 Å². The number of nitrogens with one attached hydrogen (secondary N) is 1. The summed E-state index contributed by atoms with van der Waals surface area (Å²) in [5.41, 5.74) is 1.58. The second-order valence-corrected chi connectivity index (χ2v) is 8.77. The van der Waals surface area contributed by atoms with E-state index in [0.29, 0.717) is 23.7 Å². The number of para-hydroxylation sites is 1. The molecule has 2 amide bonds. The highest BCUT2D eigenvalue weighted by molar-refractivity contribution is 7.91. The van der Waals surface area contributed by atoms with Crippen LogP contribution in [0.15, 0.2) is 54.6 Å². The molecule has 1 heterocycles. The first-order chi connectivity index (χ1) is 11.9. The quantitative estimate of drug-likeness (QED) is 0.884. The minimum atomic E-state index is -3.09. The Morgan fingerprint density at radius 1 is 1.12 bits per heavy atom. The summed E-state index contributed by atoms with van der Waals surface area (Å²) in [5, 5.41) is 3.46. The Morgan fingerprint density at radius 2 is 1.80 bits per heavy atom. The second-order valence-electron chi connectivity index (χ2n) is 6.11. The van der Waals surface area contributed by atoms with Crippen LogP contribution in [0.2, 0.25) is 5.02 Å². The van der Waals surface area contributed by atoms with Gasteiger partial charge in [-0.3, -0.25) is 0 Å². The number of amides is 2. The monoisotopic (exact) mass is 378 g/mol. The summed E-state index contributed by atoms with van der Waals surface area (Å²) in [5.74, 6) is 0.121. The van der Waals surface area contributed by atoms with Gasteiger partial charge in [-0.15, -0.1) is 0 Å². The van der Waals surface area contributed by atoms with E-state index in [0.717, 1.165) is 5.56 Å². The van der Waals surface area contributed by atoms with Crippen molar-refractivity contribution < 1.29 is 13.2 Å². The van der Waals surface area contributed by atoms with Gasteiger partial charge in [-0.05, 0) is 36.2 Å². The van der Waals surface area contributed by atoms with Gasteiger partial charge in [-0.1, -0.05) is 41.9 Å². The lowest BCUT2D eigenvalue weighted by atomic mass is 10.1. The van der Waals surface area contributed by atoms with Crippen LogP contribution in [0.25, 0.3) is 0 Å². The zero-order valence-corrected chi connectivity index (χ0v) is 15.1. The third-order valence-electron chi connectivity index (χ3n) is 4.20. The van der Waals surface area contributed by atoms with Crippen molar-refractivity contribution in [1.29, 1.82) is 0 Å². The van der Waals surface area contributed by atoms with Crippen molar-refractivity contribution in [2.45, 2.75) is 19.0 Å². The molecule has 5 nitrogen and oxygen atoms in total. The fraction of sp³-hybridized carbons (Fsp3) is 0.278. The average molecular weight is 379 g/mol. The predicted octanol–water partition coefficient (Wildman–Crippen LogP) is 3.56. The van der Waals surface area contributed by atoms with Crippen LogP contribution in [0, 0.1) is 0 Å². The van der Waals surface area contributed by atoms with E-state index in [2.05, 4.69) is 5.32 Å². The molecule has 1 N–H and O–H groups in total. The molecule has 1 fully saturated rings. The van der Waals surface area contributed by atoms with Crippen LogP contribution in [0.4, 0.5) is 10.5 Å². The highest BCUT2D eigenvalue weighted by atomic mass is 35.5. The largest absolute Gasteiger partial charge is 0.322 e. The molecule has 2 aromatic rings. The number of nitrogens with zero attached hydrogens (tertiary/aromatic N) is 1. The molecule has 0 bridgehead atoms. The van der Waals surface area contributed by atoms with Crippen molar-refractivity contribution in [3.8, 4) is 0 Å². The normalized spacial score (nSPS) is 18.7. The van der Waals surface area contributed by atoms with Crippen LogP contribution in [-0.2, 0) is 16.4 Å². The third kappa shape index (κ3) is 4.74. The number of anilines is 1. The molecular formula is C18H19ClN2O3S. The summed E-state index contributed by atoms with van der Waals surface area (Å²) in [7, 11) is -3.09. The summed E-state index contributed by atoms with van der Waals surface area (Å²) < 4.78 is 23.7. The van der Waals surface area contributed by atoms with Crippen molar-refractivity contribution in [2.24, 2.45) is 0 Å². The number of sulfone groups is 1. The molecule has 1 saturated heterocycles. The van der Waals surface area contributed by atoms with Crippen LogP contribution < -0.4 is 5.32 Å². The Bertz CT molecular complexity index is 838. The first-order valence-corrected chi connectivity index (χ1v) is 10.2. The number of hydrogen-bond donors (Lipinski definition) is 1. The summed E-state index contributed by atoms with van der Waals surface area (Å²) in [6.07, 6.45) is 0.456. The molecule has 25 heavy (non-hydrogen) atoms. The lowest BCUT2D eigenvalue weighted by Crippen LogP contribution is -2.43. The first kappa shape index (κ1) is 17.8. The fourth-order valence-electron chi connectivity index (χ4n) is 2.89. The average Bonchev–Trinajstić information content (AvgIpc) is 2.95. The first-order valence-electron chi connectivity index (χ1n) is 8.00. The highest BCUT2D eigenvalue weighted by Crippen LogP contribution is 2.22. The number of urea groups is 1. The van der Waals surface area contributed by atoms with Crippen molar-refractivity contribution in [1.82, 2.24) is 4.90 Å². The maximum Gasteiger partial charge on any atom is 0.322 e. The number of halogens is 1. The van der Waals surface area contributed by atoms with Crippen molar-refractivity contribution in [2.75, 3.05) is 16.8 Å². The zero-order chi connectivity index (χ0) is 17.9. The molecule has 1 unspecified atom stereocenters. The lowest BCUT2D eigenvalue weighted by molar-refractivity contribution is 0.190. The standard InChI is InChI=1S/C18H19ClN2O3S/c19-15-8-6-14(7-9-15)12-21(17-10-11-25(23,24)13-17)18(22)20-16-4-2-1-3-5-16/h1-9,17H,10-13H2,(H,20,22). The van der Waals surface area contributed by atoms with Crippen molar-refractivity contribution >= 4 is 33.2 Å². The maximum atomic E-state index is 12.8. The van der Waals surface area contributed by atoms with E-state index in [4.69, 9.17) is 11.6 Å². The Morgan fingerprint density at radius 3 is 2.40 bits per heavy atom. The van der Waals surface area contributed by atoms with Gasteiger partial charge < -0.3 is 10.2 Å². The summed E-state index contributed by atoms with van der Waals surface area (Å²) in [4.78, 5) is 14.4. The number of hydrogen-bond acceptors (Lipinski definition) is 3. The van der Waals surface area contributed by atoms with Gasteiger partial charge in [0, 0.05) is 23.3 Å². The molecule has 0 aromatic heterocycles. The molecule has 0 aliphatic carbocycles. The summed E-state index contributed by atoms with van der Waals surface area (Å²) >= 11 is 5.91. The SMILES string of the molecule is O=C(Nc1ccccc1)N(Cc1ccc(Cl)cc1)C1CCS(=O)(=O)C1. The van der Waals surface area contributed by atoms with E-state index in [1.54, 1.807) is 29.2 Å². The molecular weight excluding hydrogens is 360 g/mol. The molecule has 0 spiro atoms. The van der Waals surface area contributed by atoms with Crippen molar-refractivity contribution in [3.05, 3.63) is 65.2 Å². The van der Waals surface area contributed by atoms with E-state index < -0.39 is 9.84 Å². The number of carbonyl (C=O) groups excluding carboxylic acids is 1. The molecule has 3 rings (SSSR count). The van der Waals surface area contributed by atoms with Crippen LogP contribution in [0.1, 0.15) is 12.0 Å². The van der Waals surface area contributed by atoms with Crippen LogP contribution in [0.3, 0.4) is 0 Å². The lowest BCUT2D eigenvalue weighted by Gasteiger charge is -2.28. The van der Waals surface area contributed by atoms with Crippen LogP contribution in [-0.4, -0.2) is 36.9 Å². The molecule has 132 valence electrons. The molecule has 7 heteroatoms. The van der Waals surface area contributed by atoms with Gasteiger partial charge in [-0.25, -0.2) is 13.2 Å². The Hall–Kier alpha value is -2.05. The minimum absolute atomic E-state index is 0.00278. The highest BCUT2D eigenvalue weighted by Gasteiger charge is 2.34. The van der Waals surface area contributed by atoms with E-state index in [1.165, 1.54) is 0 Å². The third-order valence-corrected chi connectivity index (χ3v) is 6.20. The molecule has 1 atom stereocenters. The Labute approximate surface area is 152 Å². The van der Waals surface area contributed by atoms with Gasteiger partial charge >= 0.3 is 6.03 Å². The van der Waals surface area contributed by atoms with Gasteiger partial charge in [0.15, 0.2) is 9.84 Å². The fourth-order valence-corrected chi connectivity index (χ4v) is 4.75. The Balaban J connectivity index is 1.80. The van der Waals surface area contributed by atoms with E-state index in [-0.39, 0.29) is 23.6 Å². The number of carbonyl (C=O) groups is 1. The summed E-state index contributed by atoms with van der Waals surface area (Å²) in [6.45, 7) is 0.329. The molecule has 0 radical (unpaired) electrons. The van der Waals surface area contributed by atoms with Gasteiger partial charge in [0.2, 0.25) is 0 Å². The molecule has 0 saturated carbocycles. The molecule has 1 aliphatic heterocycles. The maximum absolute atomic E-state index is 12.8. The van der Waals surface area contributed by atoms with Gasteiger partial charge in [0.25, 0.3) is 0 Å². The van der Waals surface area contributed by atoms with Gasteiger partial charge in [0.1, 0.15) is 0 Å². The molecule has 2 aromatic carbocycles. The number of rotatable bonds is 4. The smallest absolute Gasteiger partial charge is 0.316 e. The Kier molecular flexibility index (Phi) is 5.30. The van der Waals surface area contributed by atoms with Crippen LogP contribution in [0.5, 0.6) is 0 Å². The summed E-state index contributed by atoms with van der Waals surface area (Å²) in [6, 6.07) is 15.7. The van der Waals surface area contributed by atoms with E-state index in [1.807, 2.05) is 30.3 Å². The van der Waals surface area contributed by atoms with Crippen molar-refractivity contribution in [3.63, 3.8) is 0 Å². The topological polar surface area (TPSA) is 66.5 Å². The van der Waals surface area contributed by atoms with Crippen LogP contribution >= 0.6 is 11.6 Å². The second kappa shape index (κ2) is 7.45. The van der Waals surface area contributed by atoms with E-state index in [9.17, 15) is 13.2 Å². The number of benzene rings is 2. The van der Waals surface area contributed by atoms with E-state index >= 15 is 0 Å². The molecule has 1 aliphatic rings.